The third-order valence-electron chi connectivity index (χ3n) is 4.90. The molecule has 0 saturated carbocycles. The maximum atomic E-state index is 13.3. The molecule has 3 aromatic carbocycles. The van der Waals surface area contributed by atoms with E-state index in [0.717, 1.165) is 11.1 Å². The van der Waals surface area contributed by atoms with Crippen LogP contribution in [-0.4, -0.2) is 30.1 Å². The molecule has 0 spiro atoms. The van der Waals surface area contributed by atoms with Gasteiger partial charge in [0.2, 0.25) is 0 Å². The zero-order chi connectivity index (χ0) is 21.1. The highest BCUT2D eigenvalue weighted by molar-refractivity contribution is 5.83. The molecule has 0 radical (unpaired) electrons. The highest BCUT2D eigenvalue weighted by Gasteiger charge is 2.15. The van der Waals surface area contributed by atoms with Crippen LogP contribution in [0.4, 0.5) is 0 Å². The Labute approximate surface area is 174 Å². The second kappa shape index (κ2) is 8.21. The average Bonchev–Trinajstić information content (AvgIpc) is 2.79. The van der Waals surface area contributed by atoms with Crippen LogP contribution in [0, 0.1) is 6.92 Å². The number of fused-ring (bicyclic) bond motifs is 1. The van der Waals surface area contributed by atoms with E-state index >= 15 is 0 Å². The largest absolute Gasteiger partial charge is 0.493 e. The third kappa shape index (κ3) is 3.55. The van der Waals surface area contributed by atoms with E-state index in [4.69, 9.17) is 14.5 Å². The van der Waals surface area contributed by atoms with Gasteiger partial charge in [0.25, 0.3) is 5.56 Å². The zero-order valence-electron chi connectivity index (χ0n) is 17.0. The molecule has 1 aromatic heterocycles. The van der Waals surface area contributed by atoms with Gasteiger partial charge in [0, 0.05) is 5.56 Å². The molecule has 6 heteroatoms. The fourth-order valence-corrected chi connectivity index (χ4v) is 3.24. The number of methoxy groups -OCH3 is 2. The average molecular weight is 399 g/mol. The number of aryl methyl sites for hydroxylation is 1. The quantitative estimate of drug-likeness (QED) is 0.470. The Balaban J connectivity index is 1.95. The predicted molar refractivity (Wildman–Crippen MR) is 119 cm³/mol. The number of para-hydroxylation sites is 1. The van der Waals surface area contributed by atoms with E-state index in [2.05, 4.69) is 5.10 Å². The molecule has 0 N–H and O–H groups in total. The van der Waals surface area contributed by atoms with Gasteiger partial charge >= 0.3 is 0 Å². The van der Waals surface area contributed by atoms with Crippen LogP contribution in [0.25, 0.3) is 22.3 Å². The Hall–Kier alpha value is -3.93. The summed E-state index contributed by atoms with van der Waals surface area (Å²) < 4.78 is 12.1. The number of hydrogen-bond acceptors (Lipinski definition) is 5. The maximum absolute atomic E-state index is 13.3. The van der Waals surface area contributed by atoms with Crippen LogP contribution in [-0.2, 0) is 0 Å². The topological polar surface area (TPSA) is 65.7 Å². The van der Waals surface area contributed by atoms with E-state index in [1.165, 1.54) is 4.68 Å². The van der Waals surface area contributed by atoms with Crippen molar-refractivity contribution >= 4 is 17.1 Å². The van der Waals surface area contributed by atoms with Crippen LogP contribution >= 0.6 is 0 Å². The molecule has 0 unspecified atom stereocenters. The normalized spacial score (nSPS) is 11.2. The lowest BCUT2D eigenvalue weighted by molar-refractivity contribution is 0.355. The number of hydrogen-bond donors (Lipinski definition) is 0. The SMILES string of the molecule is COc1ccc(-c2nc3ccccc3c(=O)n2N=Cc2ccccc2C)cc1OC. The van der Waals surface area contributed by atoms with Crippen LogP contribution < -0.4 is 15.0 Å². The van der Waals surface area contributed by atoms with Crippen molar-refractivity contribution in [2.45, 2.75) is 6.92 Å². The van der Waals surface area contributed by atoms with Gasteiger partial charge in [0.1, 0.15) is 0 Å². The van der Waals surface area contributed by atoms with Crippen molar-refractivity contribution in [3.63, 3.8) is 0 Å². The molecular formula is C24H21N3O3. The van der Waals surface area contributed by atoms with Crippen LogP contribution in [0.5, 0.6) is 11.5 Å². The number of benzene rings is 3. The first kappa shape index (κ1) is 19.4. The molecule has 30 heavy (non-hydrogen) atoms. The van der Waals surface area contributed by atoms with Gasteiger partial charge < -0.3 is 9.47 Å². The molecule has 150 valence electrons. The molecule has 0 atom stereocenters. The Morgan fingerprint density at radius 3 is 2.43 bits per heavy atom. The lowest BCUT2D eigenvalue weighted by atomic mass is 10.1. The van der Waals surface area contributed by atoms with E-state index in [1.807, 2.05) is 55.5 Å². The van der Waals surface area contributed by atoms with E-state index in [-0.39, 0.29) is 5.56 Å². The molecule has 0 fully saturated rings. The Bertz CT molecular complexity index is 1310. The summed E-state index contributed by atoms with van der Waals surface area (Å²) in [6, 6.07) is 20.5. The van der Waals surface area contributed by atoms with Gasteiger partial charge in [-0.05, 0) is 48.4 Å². The highest BCUT2D eigenvalue weighted by atomic mass is 16.5. The second-order valence-electron chi connectivity index (χ2n) is 6.74. The van der Waals surface area contributed by atoms with Crippen molar-refractivity contribution in [2.75, 3.05) is 14.2 Å². The summed E-state index contributed by atoms with van der Waals surface area (Å²) in [7, 11) is 3.15. The van der Waals surface area contributed by atoms with Crippen molar-refractivity contribution in [3.8, 4) is 22.9 Å². The summed E-state index contributed by atoms with van der Waals surface area (Å²) in [5.41, 5.74) is 3.05. The van der Waals surface area contributed by atoms with Crippen LogP contribution in [0.1, 0.15) is 11.1 Å². The highest BCUT2D eigenvalue weighted by Crippen LogP contribution is 2.31. The Morgan fingerprint density at radius 1 is 0.933 bits per heavy atom. The minimum atomic E-state index is -0.241. The van der Waals surface area contributed by atoms with Gasteiger partial charge in [-0.2, -0.15) is 9.78 Å². The minimum absolute atomic E-state index is 0.241. The summed E-state index contributed by atoms with van der Waals surface area (Å²) in [4.78, 5) is 18.0. The monoisotopic (exact) mass is 399 g/mol. The molecule has 0 saturated heterocycles. The van der Waals surface area contributed by atoms with Gasteiger partial charge in [-0.15, -0.1) is 0 Å². The first-order valence-corrected chi connectivity index (χ1v) is 9.46. The number of rotatable bonds is 5. The number of ether oxygens (including phenoxy) is 2. The molecule has 6 nitrogen and oxygen atoms in total. The standard InChI is InChI=1S/C24H21N3O3/c1-16-8-4-5-9-18(16)15-25-27-23(17-12-13-21(29-2)22(14-17)30-3)26-20-11-7-6-10-19(20)24(27)28/h4-15H,1-3H3. The Kier molecular flexibility index (Phi) is 5.30. The van der Waals surface area contributed by atoms with E-state index in [0.29, 0.717) is 33.8 Å². The summed E-state index contributed by atoms with van der Waals surface area (Å²) in [5.74, 6) is 1.57. The van der Waals surface area contributed by atoms with E-state index in [1.54, 1.807) is 38.6 Å². The first-order chi connectivity index (χ1) is 14.6. The minimum Gasteiger partial charge on any atom is -0.493 e. The molecule has 0 amide bonds. The molecule has 0 bridgehead atoms. The number of aromatic nitrogens is 2. The molecular weight excluding hydrogens is 378 g/mol. The summed E-state index contributed by atoms with van der Waals surface area (Å²) >= 11 is 0. The summed E-state index contributed by atoms with van der Waals surface area (Å²) in [5, 5.41) is 5.01. The predicted octanol–water partition coefficient (Wildman–Crippen LogP) is 4.27. The van der Waals surface area contributed by atoms with Crippen molar-refractivity contribution in [3.05, 3.63) is 88.2 Å². The lowest BCUT2D eigenvalue weighted by Gasteiger charge is -2.12. The van der Waals surface area contributed by atoms with Gasteiger partial charge in [-0.3, -0.25) is 4.79 Å². The van der Waals surface area contributed by atoms with E-state index < -0.39 is 0 Å². The fraction of sp³-hybridized carbons (Fsp3) is 0.125. The van der Waals surface area contributed by atoms with Crippen molar-refractivity contribution in [1.29, 1.82) is 0 Å². The van der Waals surface area contributed by atoms with Gasteiger partial charge in [0.15, 0.2) is 17.3 Å². The van der Waals surface area contributed by atoms with Crippen LogP contribution in [0.2, 0.25) is 0 Å². The molecule has 0 aliphatic carbocycles. The Morgan fingerprint density at radius 2 is 1.67 bits per heavy atom. The molecule has 0 aliphatic heterocycles. The summed E-state index contributed by atoms with van der Waals surface area (Å²) in [6.07, 6.45) is 1.68. The number of nitrogens with zero attached hydrogens (tertiary/aromatic N) is 3. The van der Waals surface area contributed by atoms with E-state index in [9.17, 15) is 4.79 Å². The maximum Gasteiger partial charge on any atom is 0.282 e. The van der Waals surface area contributed by atoms with Crippen molar-refractivity contribution < 1.29 is 9.47 Å². The van der Waals surface area contributed by atoms with Crippen LogP contribution in [0.15, 0.2) is 76.6 Å². The molecule has 1 heterocycles. The van der Waals surface area contributed by atoms with Crippen molar-refractivity contribution in [1.82, 2.24) is 9.66 Å². The van der Waals surface area contributed by atoms with Gasteiger partial charge in [0.05, 0.1) is 31.3 Å². The lowest BCUT2D eigenvalue weighted by Crippen LogP contribution is -2.20. The first-order valence-electron chi connectivity index (χ1n) is 9.46. The van der Waals surface area contributed by atoms with Gasteiger partial charge in [-0.25, -0.2) is 4.98 Å². The molecule has 0 aliphatic rings. The second-order valence-corrected chi connectivity index (χ2v) is 6.74. The van der Waals surface area contributed by atoms with Gasteiger partial charge in [-0.1, -0.05) is 36.4 Å². The van der Waals surface area contributed by atoms with Crippen molar-refractivity contribution in [2.24, 2.45) is 5.10 Å². The molecule has 4 rings (SSSR count). The van der Waals surface area contributed by atoms with Crippen LogP contribution in [0.3, 0.4) is 0 Å². The molecule has 4 aromatic rings. The fourth-order valence-electron chi connectivity index (χ4n) is 3.24. The third-order valence-corrected chi connectivity index (χ3v) is 4.90. The zero-order valence-corrected chi connectivity index (χ0v) is 17.0. The summed E-state index contributed by atoms with van der Waals surface area (Å²) in [6.45, 7) is 2.00. The smallest absolute Gasteiger partial charge is 0.282 e.